The molecule has 11 heteroatoms. The number of methoxy groups -OCH3 is 1. The molecule has 3 rings (SSSR count). The Hall–Kier alpha value is -2.81. The van der Waals surface area contributed by atoms with Crippen LogP contribution in [0.25, 0.3) is 5.52 Å². The molecule has 0 saturated carbocycles. The van der Waals surface area contributed by atoms with Crippen LogP contribution in [0.2, 0.25) is 0 Å². The van der Waals surface area contributed by atoms with Crippen molar-refractivity contribution in [3.05, 3.63) is 58.2 Å². The van der Waals surface area contributed by atoms with E-state index in [2.05, 4.69) is 38.4 Å². The first-order valence-electron chi connectivity index (χ1n) is 10.0. The average Bonchev–Trinajstić information content (AvgIpc) is 3.12. The molecular weight excluding hydrogens is 535 g/mol. The van der Waals surface area contributed by atoms with Crippen LogP contribution in [0, 0.1) is 11.8 Å². The number of aromatic nitrogens is 1. The van der Waals surface area contributed by atoms with E-state index >= 15 is 0 Å². The van der Waals surface area contributed by atoms with Gasteiger partial charge in [0, 0.05) is 29.0 Å². The second kappa shape index (κ2) is 11.1. The summed E-state index contributed by atoms with van der Waals surface area (Å²) in [4.78, 5) is 12.5. The normalized spacial score (nSPS) is 12.1. The van der Waals surface area contributed by atoms with Crippen LogP contribution in [-0.2, 0) is 0 Å². The molecule has 0 radical (unpaired) electrons. The molecule has 0 aliphatic heterocycles. The molecule has 180 valence electrons. The van der Waals surface area contributed by atoms with Crippen LogP contribution < -0.4 is 15.4 Å². The number of carbonyl (C=O) groups excluding carboxylic acids is 1. The number of rotatable bonds is 7. The minimum Gasteiger partial charge on any atom is -0.495 e. The number of carbonyl (C=O) groups is 1. The lowest BCUT2D eigenvalue weighted by atomic mass is 10.1. The molecule has 0 aliphatic rings. The summed E-state index contributed by atoms with van der Waals surface area (Å²) in [6.07, 6.45) is 0.837. The lowest BCUT2D eigenvalue weighted by Gasteiger charge is -2.15. The predicted octanol–water partition coefficient (Wildman–Crippen LogP) is 4.90. The maximum Gasteiger partial charge on any atom is 0.447 e. The third kappa shape index (κ3) is 6.40. The molecule has 0 spiro atoms. The number of halogens is 4. The molecule has 3 aromatic rings. The molecule has 0 aliphatic carbocycles. The van der Waals surface area contributed by atoms with Crippen LogP contribution >= 0.6 is 27.7 Å². The fourth-order valence-corrected chi connectivity index (χ4v) is 4.28. The minimum atomic E-state index is -4.48. The van der Waals surface area contributed by atoms with Crippen LogP contribution in [0.15, 0.2) is 52.1 Å². The fourth-order valence-electron chi connectivity index (χ4n) is 3.12. The van der Waals surface area contributed by atoms with Gasteiger partial charge in [0.1, 0.15) is 10.8 Å². The quantitative estimate of drug-likeness (QED) is 0.286. The van der Waals surface area contributed by atoms with Crippen molar-refractivity contribution in [2.75, 3.05) is 25.5 Å². The zero-order chi connectivity index (χ0) is 24.9. The van der Waals surface area contributed by atoms with Gasteiger partial charge in [-0.05, 0) is 53.2 Å². The van der Waals surface area contributed by atoms with Gasteiger partial charge < -0.3 is 24.9 Å². The molecule has 1 amide bonds. The van der Waals surface area contributed by atoms with E-state index in [1.54, 1.807) is 49.5 Å². The fraction of sp³-hybridized carbons (Fsp3) is 0.261. The Morgan fingerprint density at radius 3 is 2.76 bits per heavy atom. The molecule has 1 atom stereocenters. The van der Waals surface area contributed by atoms with Gasteiger partial charge in [0.2, 0.25) is 0 Å². The van der Waals surface area contributed by atoms with E-state index in [-0.39, 0.29) is 41.0 Å². The van der Waals surface area contributed by atoms with Crippen LogP contribution in [0.5, 0.6) is 5.75 Å². The number of nitrogens with one attached hydrogen (secondary N) is 2. The maximum absolute atomic E-state index is 13.2. The maximum atomic E-state index is 13.2. The number of hydrogen-bond donors (Lipinski definition) is 3. The first kappa shape index (κ1) is 25.8. The third-order valence-electron chi connectivity index (χ3n) is 4.55. The van der Waals surface area contributed by atoms with Crippen molar-refractivity contribution >= 4 is 44.8 Å². The largest absolute Gasteiger partial charge is 0.495 e. The van der Waals surface area contributed by atoms with Gasteiger partial charge in [-0.1, -0.05) is 17.9 Å². The van der Waals surface area contributed by atoms with Gasteiger partial charge in [-0.2, -0.15) is 13.2 Å². The van der Waals surface area contributed by atoms with Crippen LogP contribution in [0.3, 0.4) is 0 Å². The van der Waals surface area contributed by atoms with Gasteiger partial charge >= 0.3 is 5.51 Å². The number of aliphatic hydroxyl groups excluding tert-OH is 1. The van der Waals surface area contributed by atoms with Crippen molar-refractivity contribution < 1.29 is 27.8 Å². The number of benzene rings is 1. The summed E-state index contributed by atoms with van der Waals surface area (Å²) in [5.74, 6) is 5.61. The molecule has 0 bridgehead atoms. The summed E-state index contributed by atoms with van der Waals surface area (Å²) >= 11 is 3.13. The van der Waals surface area contributed by atoms with Gasteiger partial charge in [0.15, 0.2) is 0 Å². The SMILES string of the molecule is COc1cccc(C(=O)NC[C@H](C)O)c1NCC#Cc1cc2c(Br)cccn2c1SC(F)(F)F. The number of fused-ring (bicyclic) bond motifs is 1. The lowest BCUT2D eigenvalue weighted by Crippen LogP contribution is -2.31. The van der Waals surface area contributed by atoms with Crippen molar-refractivity contribution in [2.24, 2.45) is 0 Å². The van der Waals surface area contributed by atoms with Crippen LogP contribution in [0.1, 0.15) is 22.8 Å². The van der Waals surface area contributed by atoms with Crippen LogP contribution in [0.4, 0.5) is 18.9 Å². The van der Waals surface area contributed by atoms with Gasteiger partial charge in [0.25, 0.3) is 5.91 Å². The zero-order valence-corrected chi connectivity index (χ0v) is 20.6. The first-order chi connectivity index (χ1) is 16.1. The van der Waals surface area contributed by atoms with E-state index in [4.69, 9.17) is 4.74 Å². The Labute approximate surface area is 207 Å². The van der Waals surface area contributed by atoms with E-state index in [1.165, 1.54) is 11.5 Å². The predicted molar refractivity (Wildman–Crippen MR) is 129 cm³/mol. The summed E-state index contributed by atoms with van der Waals surface area (Å²) in [6, 6.07) is 9.87. The number of alkyl halides is 3. The number of hydrogen-bond acceptors (Lipinski definition) is 5. The summed E-state index contributed by atoms with van der Waals surface area (Å²) < 4.78 is 46.9. The van der Waals surface area contributed by atoms with E-state index in [9.17, 15) is 23.1 Å². The Morgan fingerprint density at radius 1 is 1.32 bits per heavy atom. The third-order valence-corrected chi connectivity index (χ3v) is 6.06. The van der Waals surface area contributed by atoms with Crippen molar-refractivity contribution in [1.29, 1.82) is 0 Å². The highest BCUT2D eigenvalue weighted by atomic mass is 79.9. The number of pyridine rings is 1. The van der Waals surface area contributed by atoms with Crippen molar-refractivity contribution in [1.82, 2.24) is 9.72 Å². The second-order valence-corrected chi connectivity index (χ2v) is 9.03. The topological polar surface area (TPSA) is 75.0 Å². The Morgan fingerprint density at radius 2 is 2.09 bits per heavy atom. The van der Waals surface area contributed by atoms with Gasteiger partial charge in [-0.25, -0.2) is 0 Å². The van der Waals surface area contributed by atoms with Crippen molar-refractivity contribution in [3.63, 3.8) is 0 Å². The van der Waals surface area contributed by atoms with Crippen molar-refractivity contribution in [3.8, 4) is 17.6 Å². The highest BCUT2D eigenvalue weighted by Gasteiger charge is 2.32. The monoisotopic (exact) mass is 555 g/mol. The van der Waals surface area contributed by atoms with E-state index < -0.39 is 17.5 Å². The molecule has 6 nitrogen and oxygen atoms in total. The van der Waals surface area contributed by atoms with E-state index in [1.807, 2.05) is 0 Å². The second-order valence-electron chi connectivity index (χ2n) is 7.12. The number of thioether (sulfide) groups is 1. The van der Waals surface area contributed by atoms with Crippen LogP contribution in [-0.4, -0.2) is 47.2 Å². The molecule has 2 heterocycles. The first-order valence-corrected chi connectivity index (χ1v) is 11.6. The number of nitrogens with zero attached hydrogens (tertiary/aromatic N) is 1. The van der Waals surface area contributed by atoms with Gasteiger partial charge in [0.05, 0.1) is 42.1 Å². The molecular formula is C23H21BrF3N3O3S. The molecule has 0 fully saturated rings. The molecule has 34 heavy (non-hydrogen) atoms. The summed E-state index contributed by atoms with van der Waals surface area (Å²) in [6.45, 7) is 1.67. The number of anilines is 1. The van der Waals surface area contributed by atoms with Gasteiger partial charge in [-0.15, -0.1) is 0 Å². The molecule has 0 unspecified atom stereocenters. The summed E-state index contributed by atoms with van der Waals surface area (Å²) in [5.41, 5.74) is -3.01. The molecule has 1 aromatic carbocycles. The Kier molecular flexibility index (Phi) is 8.41. The highest BCUT2D eigenvalue weighted by Crippen LogP contribution is 2.40. The highest BCUT2D eigenvalue weighted by molar-refractivity contribution is 9.10. The minimum absolute atomic E-state index is 0.0354. The Balaban J connectivity index is 1.87. The van der Waals surface area contributed by atoms with Crippen molar-refractivity contribution in [2.45, 2.75) is 23.6 Å². The number of ether oxygens (including phenoxy) is 1. The molecule has 2 aromatic heterocycles. The lowest BCUT2D eigenvalue weighted by molar-refractivity contribution is -0.0329. The molecule has 0 saturated heterocycles. The molecule has 3 N–H and O–H groups in total. The van der Waals surface area contributed by atoms with E-state index in [0.717, 1.165) is 0 Å². The zero-order valence-electron chi connectivity index (χ0n) is 18.2. The average molecular weight is 556 g/mol. The smallest absolute Gasteiger partial charge is 0.447 e. The summed E-state index contributed by atoms with van der Waals surface area (Å²) in [5, 5.41) is 15.0. The van der Waals surface area contributed by atoms with Gasteiger partial charge in [-0.3, -0.25) is 4.79 Å². The number of aliphatic hydroxyl groups is 1. The summed E-state index contributed by atoms with van der Waals surface area (Å²) in [7, 11) is 1.45. The standard InChI is InChI=1S/C23H21BrF3N3O3S/c1-14(31)13-29-21(32)16-7-3-9-19(33-2)20(16)28-10-4-6-15-12-18-17(24)8-5-11-30(18)22(15)34-23(25,26)27/h3,5,7-9,11-12,14,28,31H,10,13H2,1-2H3,(H,29,32)/t14-/m0/s1. The number of para-hydroxylation sites is 1. The Bertz CT molecular complexity index is 1250. The number of amides is 1. The van der Waals surface area contributed by atoms with E-state index in [0.29, 0.717) is 21.4 Å².